The molecule has 5 heteroatoms. The molecule has 0 aromatic heterocycles. The van der Waals surface area contributed by atoms with Crippen molar-refractivity contribution in [3.05, 3.63) is 161 Å². The minimum Gasteiger partial charge on any atom is -0.493 e. The van der Waals surface area contributed by atoms with Crippen molar-refractivity contribution in [2.75, 3.05) is 11.5 Å². The molecule has 1 N–H and O–H groups in total. The number of ether oxygens (including phenoxy) is 2. The number of carbonyl (C=O) groups is 1. The van der Waals surface area contributed by atoms with Crippen LogP contribution in [0.2, 0.25) is 0 Å². The van der Waals surface area contributed by atoms with Gasteiger partial charge in [-0.05, 0) is 40.7 Å². The van der Waals surface area contributed by atoms with Gasteiger partial charge in [0.15, 0.2) is 5.60 Å². The minimum atomic E-state index is -1.99. The van der Waals surface area contributed by atoms with Crippen molar-refractivity contribution in [3.63, 3.8) is 0 Å². The number of amides is 1. The van der Waals surface area contributed by atoms with Crippen LogP contribution in [0.5, 0.6) is 11.5 Å². The minimum absolute atomic E-state index is 0.214. The molecule has 0 spiro atoms. The first-order valence-corrected chi connectivity index (χ1v) is 15.1. The number of rotatable bonds is 7. The highest BCUT2D eigenvalue weighted by atomic mass is 16.5. The third-order valence-corrected chi connectivity index (χ3v) is 8.99. The topological polar surface area (TPSA) is 59.0 Å². The molecule has 5 nitrogen and oxygen atoms in total. The average molecular weight is 582 g/mol. The fourth-order valence-electron chi connectivity index (χ4n) is 6.56. The summed E-state index contributed by atoms with van der Waals surface area (Å²) in [5.41, 5.74) is 3.24. The Morgan fingerprint density at radius 2 is 1.36 bits per heavy atom. The number of para-hydroxylation sites is 1. The van der Waals surface area contributed by atoms with Crippen LogP contribution in [0.25, 0.3) is 0 Å². The smallest absolute Gasteiger partial charge is 0.269 e. The van der Waals surface area contributed by atoms with E-state index in [1.54, 1.807) is 4.90 Å². The number of carbonyl (C=O) groups excluding carboxylic acids is 1. The number of benzene rings is 5. The Hall–Kier alpha value is -4.87. The second kappa shape index (κ2) is 11.0. The summed E-state index contributed by atoms with van der Waals surface area (Å²) in [7, 11) is 0. The number of fused-ring (bicyclic) bond motifs is 2. The normalized spacial score (nSPS) is 18.5. The largest absolute Gasteiger partial charge is 0.493 e. The maximum Gasteiger partial charge on any atom is 0.269 e. The lowest BCUT2D eigenvalue weighted by Crippen LogP contribution is -2.43. The Morgan fingerprint density at radius 1 is 0.773 bits per heavy atom. The summed E-state index contributed by atoms with van der Waals surface area (Å²) in [6.07, 6.45) is 0.822. The summed E-state index contributed by atoms with van der Waals surface area (Å²) in [4.78, 5) is 16.8. The van der Waals surface area contributed by atoms with Gasteiger partial charge >= 0.3 is 0 Å². The molecule has 2 heterocycles. The molecule has 1 amide bonds. The Morgan fingerprint density at radius 3 is 2.02 bits per heavy atom. The molecule has 44 heavy (non-hydrogen) atoms. The molecule has 0 bridgehead atoms. The number of hydrogen-bond donors (Lipinski definition) is 1. The van der Waals surface area contributed by atoms with Gasteiger partial charge in [0.2, 0.25) is 0 Å². The SMILES string of the molecule is CC1(C)CCOc2cc(OCc3ccccc3)c(C3(O)C(=O)N(C(c4ccccc4)c4ccccc4)c4ccccc43)cc21. The summed E-state index contributed by atoms with van der Waals surface area (Å²) in [5, 5.41) is 12.9. The molecule has 2 aliphatic rings. The van der Waals surface area contributed by atoms with E-state index in [4.69, 9.17) is 9.47 Å². The van der Waals surface area contributed by atoms with Crippen molar-refractivity contribution in [3.8, 4) is 11.5 Å². The van der Waals surface area contributed by atoms with Crippen LogP contribution in [0.15, 0.2) is 127 Å². The van der Waals surface area contributed by atoms with Gasteiger partial charge in [0.1, 0.15) is 18.1 Å². The van der Waals surface area contributed by atoms with Gasteiger partial charge in [-0.25, -0.2) is 0 Å². The molecule has 1 unspecified atom stereocenters. The number of hydrogen-bond acceptors (Lipinski definition) is 4. The number of aliphatic hydroxyl groups is 1. The van der Waals surface area contributed by atoms with Crippen molar-refractivity contribution in [2.45, 2.75) is 43.9 Å². The van der Waals surface area contributed by atoms with Gasteiger partial charge < -0.3 is 14.6 Å². The van der Waals surface area contributed by atoms with E-state index in [0.29, 0.717) is 29.2 Å². The monoisotopic (exact) mass is 581 g/mol. The molecule has 2 aliphatic heterocycles. The number of anilines is 1. The van der Waals surface area contributed by atoms with E-state index in [1.807, 2.05) is 127 Å². The van der Waals surface area contributed by atoms with Crippen molar-refractivity contribution in [1.82, 2.24) is 0 Å². The first-order valence-electron chi connectivity index (χ1n) is 15.1. The molecule has 7 rings (SSSR count). The molecule has 0 aliphatic carbocycles. The van der Waals surface area contributed by atoms with E-state index < -0.39 is 17.6 Å². The second-order valence-corrected chi connectivity index (χ2v) is 12.2. The zero-order valence-corrected chi connectivity index (χ0v) is 24.9. The van der Waals surface area contributed by atoms with Gasteiger partial charge in [-0.1, -0.05) is 123 Å². The van der Waals surface area contributed by atoms with E-state index in [9.17, 15) is 5.11 Å². The molecule has 0 fully saturated rings. The second-order valence-electron chi connectivity index (χ2n) is 12.2. The van der Waals surface area contributed by atoms with E-state index in [0.717, 1.165) is 34.4 Å². The third-order valence-electron chi connectivity index (χ3n) is 8.99. The van der Waals surface area contributed by atoms with E-state index >= 15 is 4.79 Å². The Balaban J connectivity index is 1.42. The molecule has 5 aromatic rings. The van der Waals surface area contributed by atoms with Crippen molar-refractivity contribution < 1.29 is 19.4 Å². The Labute approximate surface area is 258 Å². The first kappa shape index (κ1) is 27.9. The van der Waals surface area contributed by atoms with Crippen LogP contribution in [-0.2, 0) is 22.4 Å². The average Bonchev–Trinajstić information content (AvgIpc) is 3.28. The molecule has 5 aromatic carbocycles. The predicted molar refractivity (Wildman–Crippen MR) is 172 cm³/mol. The maximum atomic E-state index is 15.0. The lowest BCUT2D eigenvalue weighted by Gasteiger charge is -2.35. The zero-order chi connectivity index (χ0) is 30.3. The van der Waals surface area contributed by atoms with Gasteiger partial charge in [-0.15, -0.1) is 0 Å². The fourth-order valence-corrected chi connectivity index (χ4v) is 6.56. The quantitative estimate of drug-likeness (QED) is 0.214. The van der Waals surface area contributed by atoms with Gasteiger partial charge in [0, 0.05) is 22.8 Å². The Kier molecular flexibility index (Phi) is 6.98. The van der Waals surface area contributed by atoms with Crippen LogP contribution in [0, 0.1) is 0 Å². The van der Waals surface area contributed by atoms with Gasteiger partial charge in [-0.2, -0.15) is 0 Å². The highest BCUT2D eigenvalue weighted by Crippen LogP contribution is 2.53. The van der Waals surface area contributed by atoms with E-state index in [-0.39, 0.29) is 12.0 Å². The van der Waals surface area contributed by atoms with Crippen molar-refractivity contribution >= 4 is 11.6 Å². The van der Waals surface area contributed by atoms with Crippen molar-refractivity contribution in [2.24, 2.45) is 0 Å². The van der Waals surface area contributed by atoms with Crippen LogP contribution in [0.4, 0.5) is 5.69 Å². The summed E-state index contributed by atoms with van der Waals surface area (Å²) in [6.45, 7) is 5.21. The fraction of sp³-hybridized carbons (Fsp3) is 0.205. The standard InChI is InChI=1S/C39H35NO4/c1-38(2)22-23-43-34-25-35(44-26-27-14-6-3-7-15-27)32(24-31(34)38)39(42)30-20-12-13-21-33(30)40(37(39)41)36(28-16-8-4-9-17-28)29-18-10-5-11-19-29/h3-21,24-25,36,42H,22-23,26H2,1-2H3. The summed E-state index contributed by atoms with van der Waals surface area (Å²) in [5.74, 6) is 0.725. The molecular formula is C39H35NO4. The molecule has 0 saturated carbocycles. The van der Waals surface area contributed by atoms with E-state index in [2.05, 4.69) is 13.8 Å². The highest BCUT2D eigenvalue weighted by Gasteiger charge is 2.55. The van der Waals surface area contributed by atoms with Crippen LogP contribution >= 0.6 is 0 Å². The van der Waals surface area contributed by atoms with Crippen LogP contribution in [0.1, 0.15) is 59.7 Å². The molecule has 0 saturated heterocycles. The van der Waals surface area contributed by atoms with Crippen LogP contribution in [0.3, 0.4) is 0 Å². The highest BCUT2D eigenvalue weighted by molar-refractivity contribution is 6.10. The maximum absolute atomic E-state index is 15.0. The molecule has 1 atom stereocenters. The van der Waals surface area contributed by atoms with E-state index in [1.165, 1.54) is 0 Å². The summed E-state index contributed by atoms with van der Waals surface area (Å²) in [6, 6.07) is 40.7. The Bertz CT molecular complexity index is 1760. The number of nitrogens with zero attached hydrogens (tertiary/aromatic N) is 1. The molecule has 0 radical (unpaired) electrons. The molecular weight excluding hydrogens is 546 g/mol. The van der Waals surface area contributed by atoms with Gasteiger partial charge in [-0.3, -0.25) is 9.69 Å². The van der Waals surface area contributed by atoms with Gasteiger partial charge in [0.05, 0.1) is 18.3 Å². The van der Waals surface area contributed by atoms with Crippen LogP contribution in [-0.4, -0.2) is 17.6 Å². The van der Waals surface area contributed by atoms with Gasteiger partial charge in [0.25, 0.3) is 5.91 Å². The van der Waals surface area contributed by atoms with Crippen LogP contribution < -0.4 is 14.4 Å². The lowest BCUT2D eigenvalue weighted by atomic mass is 9.76. The first-order chi connectivity index (χ1) is 21.4. The predicted octanol–water partition coefficient (Wildman–Crippen LogP) is 7.70. The summed E-state index contributed by atoms with van der Waals surface area (Å²) >= 11 is 0. The third kappa shape index (κ3) is 4.65. The summed E-state index contributed by atoms with van der Waals surface area (Å²) < 4.78 is 12.6. The molecule has 220 valence electrons. The van der Waals surface area contributed by atoms with Crippen molar-refractivity contribution in [1.29, 1.82) is 0 Å². The lowest BCUT2D eigenvalue weighted by molar-refractivity contribution is -0.132. The zero-order valence-electron chi connectivity index (χ0n) is 24.9.